The first-order valence-electron chi connectivity index (χ1n) is 7.90. The van der Waals surface area contributed by atoms with Crippen LogP contribution in [0.25, 0.3) is 0 Å². The van der Waals surface area contributed by atoms with Crippen LogP contribution in [0.4, 0.5) is 5.69 Å². The van der Waals surface area contributed by atoms with Gasteiger partial charge in [-0.1, -0.05) is 23.7 Å². The normalized spacial score (nSPS) is 16.6. The Morgan fingerprint density at radius 3 is 2.56 bits per heavy atom. The van der Waals surface area contributed by atoms with Crippen LogP contribution >= 0.6 is 11.6 Å². The number of hydrogen-bond donors (Lipinski definition) is 1. The van der Waals surface area contributed by atoms with Crippen molar-refractivity contribution in [2.24, 2.45) is 0 Å². The zero-order valence-electron chi connectivity index (χ0n) is 14.0. The topological polar surface area (TPSA) is 66.5 Å². The van der Waals surface area contributed by atoms with Crippen LogP contribution in [0, 0.1) is 0 Å². The van der Waals surface area contributed by atoms with Crippen molar-refractivity contribution in [1.29, 1.82) is 0 Å². The van der Waals surface area contributed by atoms with E-state index in [1.54, 1.807) is 30.3 Å². The SMILES string of the molecule is CC1Cc2cc(C(=O)NCc3ccc(Cl)cc3)ccc2N1S(C)(=O)=O. The summed E-state index contributed by atoms with van der Waals surface area (Å²) in [6, 6.07) is 12.3. The molecule has 1 heterocycles. The number of amides is 1. The minimum Gasteiger partial charge on any atom is -0.348 e. The zero-order chi connectivity index (χ0) is 18.2. The lowest BCUT2D eigenvalue weighted by Crippen LogP contribution is -2.34. The van der Waals surface area contributed by atoms with Crippen LogP contribution in [0.5, 0.6) is 0 Å². The van der Waals surface area contributed by atoms with Gasteiger partial charge in [-0.15, -0.1) is 0 Å². The fraction of sp³-hybridized carbons (Fsp3) is 0.278. The van der Waals surface area contributed by atoms with E-state index in [-0.39, 0.29) is 11.9 Å². The van der Waals surface area contributed by atoms with Crippen molar-refractivity contribution in [3.8, 4) is 0 Å². The van der Waals surface area contributed by atoms with E-state index in [1.165, 1.54) is 10.6 Å². The summed E-state index contributed by atoms with van der Waals surface area (Å²) in [5.74, 6) is -0.191. The molecular formula is C18H19ClN2O3S. The molecule has 0 bridgehead atoms. The van der Waals surface area contributed by atoms with Crippen molar-refractivity contribution in [1.82, 2.24) is 5.32 Å². The van der Waals surface area contributed by atoms with Gasteiger partial charge in [-0.2, -0.15) is 0 Å². The molecule has 0 fully saturated rings. The average molecular weight is 379 g/mol. The summed E-state index contributed by atoms with van der Waals surface area (Å²) in [5, 5.41) is 3.52. The van der Waals surface area contributed by atoms with Gasteiger partial charge in [0.15, 0.2) is 0 Å². The maximum atomic E-state index is 12.4. The first kappa shape index (κ1) is 17.8. The third-order valence-electron chi connectivity index (χ3n) is 4.22. The Morgan fingerprint density at radius 1 is 1.24 bits per heavy atom. The Morgan fingerprint density at radius 2 is 1.92 bits per heavy atom. The van der Waals surface area contributed by atoms with Gasteiger partial charge in [0.05, 0.1) is 11.9 Å². The van der Waals surface area contributed by atoms with Gasteiger partial charge in [-0.05, 0) is 54.8 Å². The van der Waals surface area contributed by atoms with Crippen LogP contribution < -0.4 is 9.62 Å². The predicted molar refractivity (Wildman–Crippen MR) is 99.6 cm³/mol. The lowest BCUT2D eigenvalue weighted by Gasteiger charge is -2.21. The number of nitrogens with one attached hydrogen (secondary N) is 1. The summed E-state index contributed by atoms with van der Waals surface area (Å²) < 4.78 is 25.3. The quantitative estimate of drug-likeness (QED) is 0.889. The fourth-order valence-corrected chi connectivity index (χ4v) is 4.53. The molecule has 7 heteroatoms. The fourth-order valence-electron chi connectivity index (χ4n) is 3.14. The van der Waals surface area contributed by atoms with E-state index in [9.17, 15) is 13.2 Å². The van der Waals surface area contributed by atoms with Crippen molar-refractivity contribution in [2.75, 3.05) is 10.6 Å². The van der Waals surface area contributed by atoms with Crippen LogP contribution in [0.3, 0.4) is 0 Å². The molecule has 5 nitrogen and oxygen atoms in total. The third kappa shape index (κ3) is 3.80. The highest BCUT2D eigenvalue weighted by atomic mass is 35.5. The lowest BCUT2D eigenvalue weighted by molar-refractivity contribution is 0.0951. The first-order valence-corrected chi connectivity index (χ1v) is 10.1. The van der Waals surface area contributed by atoms with Gasteiger partial charge in [-0.3, -0.25) is 9.10 Å². The van der Waals surface area contributed by atoms with Crippen LogP contribution in [-0.2, 0) is 23.0 Å². The van der Waals surface area contributed by atoms with E-state index in [0.717, 1.165) is 11.1 Å². The molecule has 2 aromatic carbocycles. The molecule has 0 radical (unpaired) electrons. The molecular weight excluding hydrogens is 360 g/mol. The van der Waals surface area contributed by atoms with Gasteiger partial charge < -0.3 is 5.32 Å². The monoisotopic (exact) mass is 378 g/mol. The molecule has 132 valence electrons. The molecule has 2 aromatic rings. The predicted octanol–water partition coefficient (Wildman–Crippen LogP) is 2.98. The van der Waals surface area contributed by atoms with Crippen molar-refractivity contribution < 1.29 is 13.2 Å². The molecule has 1 aliphatic rings. The molecule has 1 aliphatic heterocycles. The van der Waals surface area contributed by atoms with Crippen molar-refractivity contribution in [3.63, 3.8) is 0 Å². The minimum absolute atomic E-state index is 0.141. The van der Waals surface area contributed by atoms with Crippen molar-refractivity contribution in [3.05, 3.63) is 64.2 Å². The Kier molecular flexibility index (Phi) is 4.75. The van der Waals surface area contributed by atoms with Crippen LogP contribution in [0.1, 0.15) is 28.4 Å². The third-order valence-corrected chi connectivity index (χ3v) is 5.74. The average Bonchev–Trinajstić information content (AvgIpc) is 2.88. The first-order chi connectivity index (χ1) is 11.8. The number of carbonyl (C=O) groups is 1. The summed E-state index contributed by atoms with van der Waals surface area (Å²) in [4.78, 5) is 12.4. The minimum atomic E-state index is -3.33. The molecule has 25 heavy (non-hydrogen) atoms. The second kappa shape index (κ2) is 6.69. The lowest BCUT2D eigenvalue weighted by atomic mass is 10.1. The molecule has 0 saturated carbocycles. The highest BCUT2D eigenvalue weighted by molar-refractivity contribution is 7.92. The highest BCUT2D eigenvalue weighted by Crippen LogP contribution is 2.34. The molecule has 0 spiro atoms. The zero-order valence-corrected chi connectivity index (χ0v) is 15.6. The largest absolute Gasteiger partial charge is 0.348 e. The molecule has 1 amide bonds. The van der Waals surface area contributed by atoms with E-state index in [4.69, 9.17) is 11.6 Å². The van der Waals surface area contributed by atoms with Crippen LogP contribution in [0.15, 0.2) is 42.5 Å². The summed E-state index contributed by atoms with van der Waals surface area (Å²) in [7, 11) is -3.33. The Balaban J connectivity index is 1.75. The van der Waals surface area contributed by atoms with Gasteiger partial charge in [0, 0.05) is 23.2 Å². The van der Waals surface area contributed by atoms with Gasteiger partial charge in [-0.25, -0.2) is 8.42 Å². The standard InChI is InChI=1S/C18H19ClN2O3S/c1-12-9-15-10-14(5-8-17(15)21(12)25(2,23)24)18(22)20-11-13-3-6-16(19)7-4-13/h3-8,10,12H,9,11H2,1-2H3,(H,20,22). The molecule has 0 aliphatic carbocycles. The van der Waals surface area contributed by atoms with Crippen molar-refractivity contribution >= 4 is 33.2 Å². The maximum absolute atomic E-state index is 12.4. The van der Waals surface area contributed by atoms with E-state index in [0.29, 0.717) is 29.2 Å². The van der Waals surface area contributed by atoms with Gasteiger partial charge in [0.25, 0.3) is 5.91 Å². The summed E-state index contributed by atoms with van der Waals surface area (Å²) in [6.07, 6.45) is 1.80. The number of sulfonamides is 1. The number of rotatable bonds is 4. The highest BCUT2D eigenvalue weighted by Gasteiger charge is 2.32. The van der Waals surface area contributed by atoms with Gasteiger partial charge >= 0.3 is 0 Å². The second-order valence-electron chi connectivity index (χ2n) is 6.26. The van der Waals surface area contributed by atoms with E-state index in [2.05, 4.69) is 5.32 Å². The second-order valence-corrected chi connectivity index (χ2v) is 8.56. The van der Waals surface area contributed by atoms with Gasteiger partial charge in [0.2, 0.25) is 10.0 Å². The van der Waals surface area contributed by atoms with Crippen molar-refractivity contribution in [2.45, 2.75) is 25.9 Å². The molecule has 1 N–H and O–H groups in total. The number of anilines is 1. The molecule has 1 unspecified atom stereocenters. The van der Waals surface area contributed by atoms with Gasteiger partial charge in [0.1, 0.15) is 0 Å². The molecule has 0 aromatic heterocycles. The molecule has 0 saturated heterocycles. The molecule has 1 atom stereocenters. The van der Waals surface area contributed by atoms with Crippen LogP contribution in [0.2, 0.25) is 5.02 Å². The number of fused-ring (bicyclic) bond motifs is 1. The number of carbonyl (C=O) groups excluding carboxylic acids is 1. The Bertz CT molecular complexity index is 910. The number of nitrogens with zero attached hydrogens (tertiary/aromatic N) is 1. The maximum Gasteiger partial charge on any atom is 0.251 e. The summed E-state index contributed by atoms with van der Waals surface area (Å²) in [6.45, 7) is 2.26. The Hall–Kier alpha value is -2.05. The summed E-state index contributed by atoms with van der Waals surface area (Å²) >= 11 is 5.85. The number of hydrogen-bond acceptors (Lipinski definition) is 3. The molecule has 3 rings (SSSR count). The Labute approximate surface area is 152 Å². The smallest absolute Gasteiger partial charge is 0.251 e. The van der Waals surface area contributed by atoms with Crippen LogP contribution in [-0.4, -0.2) is 26.6 Å². The van der Waals surface area contributed by atoms with E-state index < -0.39 is 10.0 Å². The van der Waals surface area contributed by atoms with E-state index in [1.807, 2.05) is 19.1 Å². The summed E-state index contributed by atoms with van der Waals surface area (Å²) in [5.41, 5.74) is 3.01. The number of benzene rings is 2. The van der Waals surface area contributed by atoms with E-state index >= 15 is 0 Å². The number of halogens is 1.